The SMILES string of the molecule is CCCC(C=O)CC(C)CC. The van der Waals surface area contributed by atoms with Gasteiger partial charge in [-0.15, -0.1) is 0 Å². The Hall–Kier alpha value is -0.330. The summed E-state index contributed by atoms with van der Waals surface area (Å²) in [6.07, 6.45) is 5.57. The molecule has 0 bridgehead atoms. The summed E-state index contributed by atoms with van der Waals surface area (Å²) in [7, 11) is 0. The van der Waals surface area contributed by atoms with Gasteiger partial charge in [-0.05, 0) is 18.8 Å². The van der Waals surface area contributed by atoms with Crippen LogP contribution >= 0.6 is 0 Å². The Morgan fingerprint density at radius 1 is 1.36 bits per heavy atom. The monoisotopic (exact) mass is 156 g/mol. The Labute approximate surface area is 70.2 Å². The molecule has 0 rings (SSSR count). The third-order valence-electron chi connectivity index (χ3n) is 2.25. The Balaban J connectivity index is 3.58. The predicted octanol–water partition coefficient (Wildman–Crippen LogP) is 3.04. The van der Waals surface area contributed by atoms with Crippen molar-refractivity contribution in [2.24, 2.45) is 11.8 Å². The number of hydrogen-bond donors (Lipinski definition) is 0. The van der Waals surface area contributed by atoms with Crippen LogP contribution in [0.2, 0.25) is 0 Å². The van der Waals surface area contributed by atoms with Crippen LogP contribution in [0.25, 0.3) is 0 Å². The van der Waals surface area contributed by atoms with E-state index in [1.54, 1.807) is 0 Å². The van der Waals surface area contributed by atoms with Gasteiger partial charge in [-0.2, -0.15) is 0 Å². The molecular weight excluding hydrogens is 136 g/mol. The molecule has 0 aromatic rings. The summed E-state index contributed by atoms with van der Waals surface area (Å²) in [5, 5.41) is 0. The second-order valence-electron chi connectivity index (χ2n) is 3.43. The molecule has 0 aromatic carbocycles. The third kappa shape index (κ3) is 5.00. The van der Waals surface area contributed by atoms with Crippen LogP contribution in [-0.4, -0.2) is 6.29 Å². The van der Waals surface area contributed by atoms with Crippen LogP contribution in [0.4, 0.5) is 0 Å². The molecule has 0 saturated carbocycles. The predicted molar refractivity (Wildman–Crippen MR) is 48.5 cm³/mol. The van der Waals surface area contributed by atoms with Crippen molar-refractivity contribution < 1.29 is 4.79 Å². The molecule has 0 fully saturated rings. The standard InChI is InChI=1S/C10H20O/c1-4-6-10(8-11)7-9(3)5-2/h8-10H,4-7H2,1-3H3. The summed E-state index contributed by atoms with van der Waals surface area (Å²) in [6, 6.07) is 0. The zero-order valence-corrected chi connectivity index (χ0v) is 7.97. The van der Waals surface area contributed by atoms with Gasteiger partial charge in [-0.25, -0.2) is 0 Å². The van der Waals surface area contributed by atoms with E-state index in [9.17, 15) is 4.79 Å². The van der Waals surface area contributed by atoms with Crippen molar-refractivity contribution in [2.45, 2.75) is 46.5 Å². The van der Waals surface area contributed by atoms with Gasteiger partial charge in [0, 0.05) is 5.92 Å². The van der Waals surface area contributed by atoms with Crippen LogP contribution in [0.15, 0.2) is 0 Å². The quantitative estimate of drug-likeness (QED) is 0.540. The first kappa shape index (κ1) is 10.7. The summed E-state index contributed by atoms with van der Waals surface area (Å²) < 4.78 is 0. The van der Waals surface area contributed by atoms with Crippen molar-refractivity contribution in [3.05, 3.63) is 0 Å². The van der Waals surface area contributed by atoms with Crippen molar-refractivity contribution in [2.75, 3.05) is 0 Å². The van der Waals surface area contributed by atoms with Gasteiger partial charge >= 0.3 is 0 Å². The first-order valence-corrected chi connectivity index (χ1v) is 4.69. The normalized spacial score (nSPS) is 15.9. The molecule has 0 radical (unpaired) electrons. The molecule has 0 aliphatic carbocycles. The van der Waals surface area contributed by atoms with Crippen LogP contribution in [-0.2, 0) is 4.79 Å². The number of rotatable bonds is 6. The van der Waals surface area contributed by atoms with Gasteiger partial charge in [0.15, 0.2) is 0 Å². The van der Waals surface area contributed by atoms with E-state index in [-0.39, 0.29) is 0 Å². The fourth-order valence-electron chi connectivity index (χ4n) is 1.30. The van der Waals surface area contributed by atoms with Gasteiger partial charge in [-0.1, -0.05) is 33.6 Å². The van der Waals surface area contributed by atoms with Crippen LogP contribution in [0, 0.1) is 11.8 Å². The van der Waals surface area contributed by atoms with Crippen molar-refractivity contribution >= 4 is 6.29 Å². The van der Waals surface area contributed by atoms with Crippen molar-refractivity contribution in [3.8, 4) is 0 Å². The van der Waals surface area contributed by atoms with Gasteiger partial charge in [0.25, 0.3) is 0 Å². The van der Waals surface area contributed by atoms with E-state index in [2.05, 4.69) is 20.8 Å². The molecule has 0 aromatic heterocycles. The topological polar surface area (TPSA) is 17.1 Å². The summed E-state index contributed by atoms with van der Waals surface area (Å²) in [4.78, 5) is 10.5. The van der Waals surface area contributed by atoms with Crippen LogP contribution < -0.4 is 0 Å². The lowest BCUT2D eigenvalue weighted by atomic mass is 9.92. The smallest absolute Gasteiger partial charge is 0.123 e. The molecule has 0 N–H and O–H groups in total. The molecule has 11 heavy (non-hydrogen) atoms. The van der Waals surface area contributed by atoms with Crippen LogP contribution in [0.1, 0.15) is 46.5 Å². The van der Waals surface area contributed by atoms with E-state index in [1.165, 1.54) is 6.42 Å². The second-order valence-corrected chi connectivity index (χ2v) is 3.43. The van der Waals surface area contributed by atoms with E-state index in [1.807, 2.05) is 0 Å². The van der Waals surface area contributed by atoms with E-state index in [0.29, 0.717) is 11.8 Å². The van der Waals surface area contributed by atoms with Gasteiger partial charge in [0.05, 0.1) is 0 Å². The molecule has 0 spiro atoms. The largest absolute Gasteiger partial charge is 0.303 e. The van der Waals surface area contributed by atoms with Crippen molar-refractivity contribution in [1.82, 2.24) is 0 Å². The third-order valence-corrected chi connectivity index (χ3v) is 2.25. The maximum Gasteiger partial charge on any atom is 0.123 e. The fraction of sp³-hybridized carbons (Fsp3) is 0.900. The van der Waals surface area contributed by atoms with Gasteiger partial charge in [-0.3, -0.25) is 0 Å². The molecule has 0 saturated heterocycles. The van der Waals surface area contributed by atoms with Crippen molar-refractivity contribution in [1.29, 1.82) is 0 Å². The summed E-state index contributed by atoms with van der Waals surface area (Å²) in [5.74, 6) is 1.02. The number of carbonyl (C=O) groups excluding carboxylic acids is 1. The highest BCUT2D eigenvalue weighted by Crippen LogP contribution is 2.17. The van der Waals surface area contributed by atoms with E-state index < -0.39 is 0 Å². The second kappa shape index (κ2) is 6.38. The number of carbonyl (C=O) groups is 1. The van der Waals surface area contributed by atoms with E-state index in [0.717, 1.165) is 25.5 Å². The molecule has 66 valence electrons. The first-order valence-electron chi connectivity index (χ1n) is 4.69. The average molecular weight is 156 g/mol. The van der Waals surface area contributed by atoms with E-state index >= 15 is 0 Å². The Bertz CT molecular complexity index is 99.0. The number of aldehydes is 1. The summed E-state index contributed by atoms with van der Waals surface area (Å²) >= 11 is 0. The Morgan fingerprint density at radius 3 is 2.36 bits per heavy atom. The first-order chi connectivity index (χ1) is 5.24. The lowest BCUT2D eigenvalue weighted by Gasteiger charge is -2.13. The number of hydrogen-bond acceptors (Lipinski definition) is 1. The minimum Gasteiger partial charge on any atom is -0.303 e. The summed E-state index contributed by atoms with van der Waals surface area (Å²) in [6.45, 7) is 6.53. The lowest BCUT2D eigenvalue weighted by molar-refractivity contribution is -0.111. The zero-order chi connectivity index (χ0) is 8.69. The molecule has 0 amide bonds. The molecule has 2 atom stereocenters. The maximum absolute atomic E-state index is 10.5. The zero-order valence-electron chi connectivity index (χ0n) is 7.97. The van der Waals surface area contributed by atoms with Crippen molar-refractivity contribution in [3.63, 3.8) is 0 Å². The van der Waals surface area contributed by atoms with Gasteiger partial charge < -0.3 is 4.79 Å². The fourth-order valence-corrected chi connectivity index (χ4v) is 1.30. The molecule has 0 aliphatic heterocycles. The molecule has 2 unspecified atom stereocenters. The van der Waals surface area contributed by atoms with Gasteiger partial charge in [0.1, 0.15) is 6.29 Å². The average Bonchev–Trinajstić information content (AvgIpc) is 2.03. The highest BCUT2D eigenvalue weighted by atomic mass is 16.1. The lowest BCUT2D eigenvalue weighted by Crippen LogP contribution is -2.06. The Morgan fingerprint density at radius 2 is 2.00 bits per heavy atom. The Kier molecular flexibility index (Phi) is 6.19. The van der Waals surface area contributed by atoms with Crippen LogP contribution in [0.3, 0.4) is 0 Å². The highest BCUT2D eigenvalue weighted by Gasteiger charge is 2.09. The minimum absolute atomic E-state index is 0.315. The molecule has 0 aliphatic rings. The molecule has 0 heterocycles. The molecule has 1 nitrogen and oxygen atoms in total. The highest BCUT2D eigenvalue weighted by molar-refractivity contribution is 5.53. The van der Waals surface area contributed by atoms with E-state index in [4.69, 9.17) is 0 Å². The minimum atomic E-state index is 0.315. The maximum atomic E-state index is 10.5. The van der Waals surface area contributed by atoms with Crippen LogP contribution in [0.5, 0.6) is 0 Å². The van der Waals surface area contributed by atoms with Gasteiger partial charge in [0.2, 0.25) is 0 Å². The molecular formula is C10H20O. The summed E-state index contributed by atoms with van der Waals surface area (Å²) in [5.41, 5.74) is 0. The molecule has 1 heteroatoms.